The normalized spacial score (nSPS) is 15.6. The average Bonchev–Trinajstić information content (AvgIpc) is 2.46. The average molecular weight is 294 g/mol. The molecular formula is C18H18N2O2. The number of carbonyl (C=O) groups is 2. The summed E-state index contributed by atoms with van der Waals surface area (Å²) in [6.07, 6.45) is 0.468. The van der Waals surface area contributed by atoms with Crippen LogP contribution in [0.5, 0.6) is 0 Å². The predicted octanol–water partition coefficient (Wildman–Crippen LogP) is 3.56. The summed E-state index contributed by atoms with van der Waals surface area (Å²) in [5.74, 6) is -0.161. The molecule has 0 bridgehead atoms. The quantitative estimate of drug-likeness (QED) is 0.889. The number of anilines is 2. The highest BCUT2D eigenvalue weighted by Crippen LogP contribution is 2.38. The maximum atomic E-state index is 12.2. The zero-order valence-electron chi connectivity index (χ0n) is 12.6. The van der Waals surface area contributed by atoms with E-state index in [9.17, 15) is 9.59 Å². The van der Waals surface area contributed by atoms with E-state index in [0.29, 0.717) is 17.7 Å². The molecule has 0 unspecified atom stereocenters. The highest BCUT2D eigenvalue weighted by atomic mass is 16.2. The molecular weight excluding hydrogens is 276 g/mol. The first kappa shape index (κ1) is 14.3. The molecule has 0 saturated heterocycles. The van der Waals surface area contributed by atoms with Gasteiger partial charge in [0.1, 0.15) is 0 Å². The van der Waals surface area contributed by atoms with E-state index in [1.165, 1.54) is 0 Å². The van der Waals surface area contributed by atoms with Gasteiger partial charge in [-0.15, -0.1) is 0 Å². The van der Waals surface area contributed by atoms with E-state index in [4.69, 9.17) is 0 Å². The van der Waals surface area contributed by atoms with Crippen LogP contribution in [-0.2, 0) is 10.2 Å². The number of benzene rings is 2. The smallest absolute Gasteiger partial charge is 0.255 e. The lowest BCUT2D eigenvalue weighted by Crippen LogP contribution is -2.32. The Kier molecular flexibility index (Phi) is 3.45. The first-order valence-electron chi connectivity index (χ1n) is 7.26. The summed E-state index contributed by atoms with van der Waals surface area (Å²) in [6, 6.07) is 14.7. The minimum absolute atomic E-state index is 0.00374. The summed E-state index contributed by atoms with van der Waals surface area (Å²) >= 11 is 0. The minimum atomic E-state index is -0.195. The topological polar surface area (TPSA) is 58.2 Å². The summed E-state index contributed by atoms with van der Waals surface area (Å²) in [6.45, 7) is 4.10. The molecule has 2 N–H and O–H groups in total. The first-order chi connectivity index (χ1) is 10.5. The second kappa shape index (κ2) is 5.30. The van der Waals surface area contributed by atoms with Gasteiger partial charge < -0.3 is 10.6 Å². The zero-order chi connectivity index (χ0) is 15.7. The maximum Gasteiger partial charge on any atom is 0.255 e. The fourth-order valence-corrected chi connectivity index (χ4v) is 2.80. The van der Waals surface area contributed by atoms with Crippen molar-refractivity contribution in [2.75, 3.05) is 10.6 Å². The van der Waals surface area contributed by atoms with Crippen LogP contribution in [0.25, 0.3) is 0 Å². The number of hydrogen-bond acceptors (Lipinski definition) is 2. The third-order valence-corrected chi connectivity index (χ3v) is 3.92. The van der Waals surface area contributed by atoms with Crippen molar-refractivity contribution < 1.29 is 9.59 Å². The van der Waals surface area contributed by atoms with Gasteiger partial charge in [0.15, 0.2) is 0 Å². The van der Waals surface area contributed by atoms with Gasteiger partial charge in [-0.1, -0.05) is 38.1 Å². The zero-order valence-corrected chi connectivity index (χ0v) is 12.6. The van der Waals surface area contributed by atoms with Crippen LogP contribution in [0.4, 0.5) is 11.4 Å². The molecule has 0 fully saturated rings. The van der Waals surface area contributed by atoms with Crippen molar-refractivity contribution in [2.24, 2.45) is 0 Å². The number of hydrogen-bond donors (Lipinski definition) is 2. The van der Waals surface area contributed by atoms with Crippen molar-refractivity contribution >= 4 is 23.2 Å². The van der Waals surface area contributed by atoms with Gasteiger partial charge in [0.2, 0.25) is 5.91 Å². The third kappa shape index (κ3) is 2.72. The Morgan fingerprint density at radius 1 is 1.14 bits per heavy atom. The van der Waals surface area contributed by atoms with Crippen LogP contribution in [0.2, 0.25) is 0 Å². The molecule has 0 radical (unpaired) electrons. The van der Waals surface area contributed by atoms with Gasteiger partial charge in [-0.2, -0.15) is 0 Å². The van der Waals surface area contributed by atoms with Crippen LogP contribution in [0.15, 0.2) is 48.5 Å². The van der Waals surface area contributed by atoms with E-state index in [1.54, 1.807) is 12.1 Å². The molecule has 4 nitrogen and oxygen atoms in total. The Morgan fingerprint density at radius 3 is 2.59 bits per heavy atom. The van der Waals surface area contributed by atoms with Crippen LogP contribution in [0, 0.1) is 0 Å². The number of amides is 2. The highest BCUT2D eigenvalue weighted by Gasteiger charge is 2.31. The van der Waals surface area contributed by atoms with Crippen LogP contribution in [0.3, 0.4) is 0 Å². The molecule has 0 aliphatic carbocycles. The fraction of sp³-hybridized carbons (Fsp3) is 0.222. The SMILES string of the molecule is CC1(C)CC(=O)Nc2cc(NC(=O)c3ccccc3)ccc21. The third-order valence-electron chi connectivity index (χ3n) is 3.92. The van der Waals surface area contributed by atoms with Crippen LogP contribution >= 0.6 is 0 Å². The molecule has 112 valence electrons. The second-order valence-electron chi connectivity index (χ2n) is 6.19. The number of carbonyl (C=O) groups excluding carboxylic acids is 2. The van der Waals surface area contributed by atoms with Crippen molar-refractivity contribution in [3.63, 3.8) is 0 Å². The van der Waals surface area contributed by atoms with E-state index < -0.39 is 0 Å². The maximum absolute atomic E-state index is 12.2. The van der Waals surface area contributed by atoms with E-state index in [1.807, 2.05) is 50.2 Å². The van der Waals surface area contributed by atoms with E-state index in [0.717, 1.165) is 11.3 Å². The molecule has 3 rings (SSSR count). The van der Waals surface area contributed by atoms with E-state index >= 15 is 0 Å². The lowest BCUT2D eigenvalue weighted by Gasteiger charge is -2.32. The molecule has 2 aromatic carbocycles. The second-order valence-corrected chi connectivity index (χ2v) is 6.19. The Hall–Kier alpha value is -2.62. The van der Waals surface area contributed by atoms with Gasteiger partial charge in [0.05, 0.1) is 0 Å². The summed E-state index contributed by atoms with van der Waals surface area (Å²) in [4.78, 5) is 24.0. The lowest BCUT2D eigenvalue weighted by molar-refractivity contribution is -0.117. The van der Waals surface area contributed by atoms with Crippen molar-refractivity contribution in [2.45, 2.75) is 25.7 Å². The number of nitrogens with one attached hydrogen (secondary N) is 2. The molecule has 4 heteroatoms. The standard InChI is InChI=1S/C18H18N2O2/c1-18(2)11-16(21)20-15-10-13(8-9-14(15)18)19-17(22)12-6-4-3-5-7-12/h3-10H,11H2,1-2H3,(H,19,22)(H,20,21). The molecule has 2 amide bonds. The highest BCUT2D eigenvalue weighted by molar-refractivity contribution is 6.05. The van der Waals surface area contributed by atoms with E-state index in [-0.39, 0.29) is 17.2 Å². The number of rotatable bonds is 2. The Morgan fingerprint density at radius 2 is 1.86 bits per heavy atom. The summed E-state index contributed by atoms with van der Waals surface area (Å²) in [7, 11) is 0. The predicted molar refractivity (Wildman–Crippen MR) is 87.1 cm³/mol. The molecule has 1 aliphatic heterocycles. The Balaban J connectivity index is 1.87. The largest absolute Gasteiger partial charge is 0.326 e. The van der Waals surface area contributed by atoms with Crippen molar-refractivity contribution in [1.82, 2.24) is 0 Å². The summed E-state index contributed by atoms with van der Waals surface area (Å²) < 4.78 is 0. The lowest BCUT2D eigenvalue weighted by atomic mass is 9.78. The molecule has 0 aromatic heterocycles. The monoisotopic (exact) mass is 294 g/mol. The first-order valence-corrected chi connectivity index (χ1v) is 7.26. The number of fused-ring (bicyclic) bond motifs is 1. The Labute approximate surface area is 129 Å². The summed E-state index contributed by atoms with van der Waals surface area (Å²) in [5, 5.41) is 5.74. The molecule has 2 aromatic rings. The molecule has 22 heavy (non-hydrogen) atoms. The van der Waals surface area contributed by atoms with Crippen LogP contribution in [-0.4, -0.2) is 11.8 Å². The molecule has 0 saturated carbocycles. The molecule has 0 atom stereocenters. The van der Waals surface area contributed by atoms with Gasteiger partial charge in [-0.25, -0.2) is 0 Å². The van der Waals surface area contributed by atoms with Gasteiger partial charge >= 0.3 is 0 Å². The van der Waals surface area contributed by atoms with Crippen molar-refractivity contribution in [1.29, 1.82) is 0 Å². The van der Waals surface area contributed by atoms with Gasteiger partial charge in [0.25, 0.3) is 5.91 Å². The molecule has 0 spiro atoms. The van der Waals surface area contributed by atoms with Crippen molar-refractivity contribution in [3.05, 3.63) is 59.7 Å². The van der Waals surface area contributed by atoms with E-state index in [2.05, 4.69) is 10.6 Å². The van der Waals surface area contributed by atoms with Gasteiger partial charge in [-0.3, -0.25) is 9.59 Å². The molecule has 1 heterocycles. The summed E-state index contributed by atoms with van der Waals surface area (Å²) in [5.41, 5.74) is 2.94. The van der Waals surface area contributed by atoms with Gasteiger partial charge in [-0.05, 0) is 29.8 Å². The molecule has 1 aliphatic rings. The van der Waals surface area contributed by atoms with Crippen LogP contribution < -0.4 is 10.6 Å². The van der Waals surface area contributed by atoms with Crippen LogP contribution in [0.1, 0.15) is 36.2 Å². The Bertz CT molecular complexity index is 736. The fourth-order valence-electron chi connectivity index (χ4n) is 2.80. The van der Waals surface area contributed by atoms with Gasteiger partial charge in [0, 0.05) is 28.8 Å². The minimum Gasteiger partial charge on any atom is -0.326 e. The van der Waals surface area contributed by atoms with Crippen molar-refractivity contribution in [3.8, 4) is 0 Å².